The Morgan fingerprint density at radius 2 is 1.92 bits per heavy atom. The molecule has 11 heteroatoms. The second-order valence-electron chi connectivity index (χ2n) is 14.8. The molecule has 1 heterocycles. The Bertz CT molecular complexity index is 1480. The van der Waals surface area contributed by atoms with Gasteiger partial charge < -0.3 is 35.6 Å². The van der Waals surface area contributed by atoms with Crippen molar-refractivity contribution in [3.8, 4) is 16.9 Å². The molecule has 4 fully saturated rings. The van der Waals surface area contributed by atoms with Crippen LogP contribution in [0.1, 0.15) is 69.8 Å². The average molecular weight is 681 g/mol. The molecular formula is C38H56N4O7. The number of aliphatic hydroxyl groups is 3. The lowest BCUT2D eigenvalue weighted by Gasteiger charge is -2.62. The summed E-state index contributed by atoms with van der Waals surface area (Å²) in [6.45, 7) is 11.5. The number of anilines is 1. The standard InChI is InChI=1S/C38H56N4O7/c1-8-12-41(13-14-43)28-16-25(15-26(17-28)36(46)39-6)29-11-9-10-24(35(29)48-7)20-42-34(33(23(3)45)32(21-44)49-42)37(47)40-31-19-27-18-30(22(31)2)38(27,4)5/h9-11,15-17,22-23,27,30-34,43-45H,8,12-14,18-21H2,1-7H3,(H,39,46)(H,40,47)/t22-,23-,27+,30-,31-,32-,33+,34-/m0/s1. The summed E-state index contributed by atoms with van der Waals surface area (Å²) in [6, 6.07) is 10.6. The van der Waals surface area contributed by atoms with Crippen molar-refractivity contribution >= 4 is 17.5 Å². The molecule has 2 aromatic rings. The maximum absolute atomic E-state index is 14.2. The summed E-state index contributed by atoms with van der Waals surface area (Å²) in [7, 11) is 3.18. The number of ether oxygens (including phenoxy) is 1. The second kappa shape index (κ2) is 15.3. The van der Waals surface area contributed by atoms with Gasteiger partial charge in [0.05, 0.1) is 33.0 Å². The highest BCUT2D eigenvalue weighted by Gasteiger charge is 2.57. The first-order valence-corrected chi connectivity index (χ1v) is 17.8. The first kappa shape index (κ1) is 37.0. The minimum Gasteiger partial charge on any atom is -0.496 e. The number of fused-ring (bicyclic) bond motifs is 2. The largest absolute Gasteiger partial charge is 0.496 e. The molecule has 49 heavy (non-hydrogen) atoms. The molecule has 5 N–H and O–H groups in total. The smallest absolute Gasteiger partial charge is 0.251 e. The van der Waals surface area contributed by atoms with Gasteiger partial charge >= 0.3 is 0 Å². The molecule has 2 bridgehead atoms. The number of carbonyl (C=O) groups is 2. The van der Waals surface area contributed by atoms with E-state index in [1.54, 1.807) is 26.1 Å². The minimum absolute atomic E-state index is 0.0238. The molecule has 11 nitrogen and oxygen atoms in total. The number of nitrogens with one attached hydrogen (secondary N) is 2. The summed E-state index contributed by atoms with van der Waals surface area (Å²) in [5.74, 6) is 0.917. The van der Waals surface area contributed by atoms with E-state index in [0.29, 0.717) is 42.2 Å². The van der Waals surface area contributed by atoms with E-state index in [9.17, 15) is 24.9 Å². The zero-order chi connectivity index (χ0) is 35.6. The van der Waals surface area contributed by atoms with Crippen LogP contribution in [0.25, 0.3) is 11.1 Å². The molecule has 0 unspecified atom stereocenters. The van der Waals surface area contributed by atoms with E-state index in [0.717, 1.165) is 35.2 Å². The van der Waals surface area contributed by atoms with Crippen molar-refractivity contribution in [3.63, 3.8) is 0 Å². The number of nitrogens with zero attached hydrogens (tertiary/aromatic N) is 2. The molecule has 1 saturated heterocycles. The summed E-state index contributed by atoms with van der Waals surface area (Å²) in [5.41, 5.74) is 3.81. The van der Waals surface area contributed by atoms with E-state index in [1.165, 1.54) is 6.42 Å². The number of aliphatic hydroxyl groups excluding tert-OH is 3. The molecule has 0 spiro atoms. The molecule has 270 valence electrons. The van der Waals surface area contributed by atoms with Crippen molar-refractivity contribution in [3.05, 3.63) is 47.5 Å². The van der Waals surface area contributed by atoms with Crippen LogP contribution in [-0.2, 0) is 16.2 Å². The fourth-order valence-corrected chi connectivity index (χ4v) is 8.82. The lowest BCUT2D eigenvalue weighted by atomic mass is 9.45. The molecular weight excluding hydrogens is 624 g/mol. The maximum Gasteiger partial charge on any atom is 0.251 e. The summed E-state index contributed by atoms with van der Waals surface area (Å²) in [6.07, 6.45) is 1.32. The molecule has 2 aromatic carbocycles. The van der Waals surface area contributed by atoms with Gasteiger partial charge in [-0.2, -0.15) is 5.06 Å². The van der Waals surface area contributed by atoms with E-state index >= 15 is 0 Å². The van der Waals surface area contributed by atoms with E-state index in [2.05, 4.69) is 43.2 Å². The first-order chi connectivity index (χ1) is 23.4. The predicted molar refractivity (Wildman–Crippen MR) is 189 cm³/mol. The summed E-state index contributed by atoms with van der Waals surface area (Å²) in [4.78, 5) is 35.4. The van der Waals surface area contributed by atoms with Crippen LogP contribution in [0.15, 0.2) is 36.4 Å². The molecule has 1 aliphatic heterocycles. The van der Waals surface area contributed by atoms with Crippen LogP contribution < -0.4 is 20.3 Å². The van der Waals surface area contributed by atoms with Crippen molar-refractivity contribution in [1.29, 1.82) is 0 Å². The van der Waals surface area contributed by atoms with E-state index in [-0.39, 0.29) is 43.0 Å². The van der Waals surface area contributed by atoms with Crippen molar-refractivity contribution < 1.29 is 34.5 Å². The Hall–Kier alpha value is -3.22. The highest BCUT2D eigenvalue weighted by Crippen LogP contribution is 2.61. The number of amides is 2. The number of hydrogen-bond donors (Lipinski definition) is 5. The van der Waals surface area contributed by atoms with Crippen molar-refractivity contribution in [1.82, 2.24) is 15.7 Å². The highest BCUT2D eigenvalue weighted by molar-refractivity contribution is 5.97. The topological polar surface area (TPSA) is 144 Å². The average Bonchev–Trinajstić information content (AvgIpc) is 3.46. The van der Waals surface area contributed by atoms with E-state index in [1.807, 2.05) is 36.4 Å². The highest BCUT2D eigenvalue weighted by atomic mass is 16.7. The van der Waals surface area contributed by atoms with Crippen LogP contribution in [0, 0.1) is 29.1 Å². The number of benzene rings is 2. The minimum atomic E-state index is -0.905. The molecule has 0 aromatic heterocycles. The number of para-hydroxylation sites is 1. The van der Waals surface area contributed by atoms with E-state index in [4.69, 9.17) is 9.57 Å². The SMILES string of the molecule is CCCN(CCO)c1cc(C(=O)NC)cc(-c2cccc(CN3O[C@@H](CO)[C@@H]([C@H](C)O)[C@H]3C(=O)N[C@H]3C[C@H]4C[C@@H]([C@@H]3C)C4(C)C)c2OC)c1. The van der Waals surface area contributed by atoms with Gasteiger partial charge in [0.15, 0.2) is 0 Å². The lowest BCUT2D eigenvalue weighted by Crippen LogP contribution is -2.62. The zero-order valence-corrected chi connectivity index (χ0v) is 30.1. The van der Waals surface area contributed by atoms with Crippen molar-refractivity contribution in [2.75, 3.05) is 45.4 Å². The number of carbonyl (C=O) groups excluding carboxylic acids is 2. The summed E-state index contributed by atoms with van der Waals surface area (Å²) in [5, 5.41) is 38.6. The van der Waals surface area contributed by atoms with Crippen LogP contribution >= 0.6 is 0 Å². The van der Waals surface area contributed by atoms with Gasteiger partial charge in [0.2, 0.25) is 5.91 Å². The Balaban J connectivity index is 1.48. The predicted octanol–water partition coefficient (Wildman–Crippen LogP) is 3.59. The van der Waals surface area contributed by atoms with Gasteiger partial charge in [0.25, 0.3) is 5.91 Å². The third-order valence-electron chi connectivity index (χ3n) is 11.6. The number of hydroxylamine groups is 2. The van der Waals surface area contributed by atoms with Crippen molar-refractivity contribution in [2.24, 2.45) is 29.1 Å². The van der Waals surface area contributed by atoms with Crippen LogP contribution in [0.3, 0.4) is 0 Å². The molecule has 3 saturated carbocycles. The molecule has 8 atom stereocenters. The molecule has 3 aliphatic carbocycles. The number of methoxy groups -OCH3 is 1. The molecule has 4 aliphatic rings. The molecule has 0 radical (unpaired) electrons. The lowest BCUT2D eigenvalue weighted by molar-refractivity contribution is -0.183. The van der Waals surface area contributed by atoms with Gasteiger partial charge in [-0.1, -0.05) is 45.9 Å². The fourth-order valence-electron chi connectivity index (χ4n) is 8.82. The first-order valence-electron chi connectivity index (χ1n) is 17.8. The monoisotopic (exact) mass is 680 g/mol. The molecule has 2 amide bonds. The van der Waals surface area contributed by atoms with Crippen LogP contribution in [0.5, 0.6) is 5.75 Å². The van der Waals surface area contributed by atoms with Crippen molar-refractivity contribution in [2.45, 2.75) is 84.7 Å². The van der Waals surface area contributed by atoms with Gasteiger partial charge in [0.1, 0.15) is 17.9 Å². The van der Waals surface area contributed by atoms with Gasteiger partial charge in [0, 0.05) is 54.5 Å². The Morgan fingerprint density at radius 1 is 1.16 bits per heavy atom. The van der Waals surface area contributed by atoms with Crippen LogP contribution in [0.4, 0.5) is 5.69 Å². The van der Waals surface area contributed by atoms with E-state index < -0.39 is 24.2 Å². The summed E-state index contributed by atoms with van der Waals surface area (Å²) >= 11 is 0. The summed E-state index contributed by atoms with van der Waals surface area (Å²) < 4.78 is 6.02. The van der Waals surface area contributed by atoms with Crippen LogP contribution in [-0.4, -0.2) is 96.9 Å². The quantitative estimate of drug-likeness (QED) is 0.202. The second-order valence-corrected chi connectivity index (χ2v) is 14.8. The maximum atomic E-state index is 14.2. The van der Waals surface area contributed by atoms with Gasteiger partial charge in [-0.15, -0.1) is 0 Å². The van der Waals surface area contributed by atoms with Crippen LogP contribution in [0.2, 0.25) is 0 Å². The Morgan fingerprint density at radius 3 is 2.51 bits per heavy atom. The zero-order valence-electron chi connectivity index (χ0n) is 30.1. The van der Waals surface area contributed by atoms with Gasteiger partial charge in [-0.3, -0.25) is 14.4 Å². The third kappa shape index (κ3) is 7.19. The molecule has 6 rings (SSSR count). The van der Waals surface area contributed by atoms with Gasteiger partial charge in [-0.25, -0.2) is 0 Å². The number of hydrogen-bond acceptors (Lipinski definition) is 9. The Labute approximate surface area is 290 Å². The number of rotatable bonds is 14. The van der Waals surface area contributed by atoms with Gasteiger partial charge in [-0.05, 0) is 73.1 Å². The fraction of sp³-hybridized carbons (Fsp3) is 0.632. The Kier molecular flexibility index (Phi) is 11.6. The third-order valence-corrected chi connectivity index (χ3v) is 11.6. The normalized spacial score (nSPS) is 28.0.